The van der Waals surface area contributed by atoms with Crippen molar-refractivity contribution in [3.8, 4) is 0 Å². The predicted molar refractivity (Wildman–Crippen MR) is 63.7 cm³/mol. The molecule has 0 atom stereocenters. The third-order valence-corrected chi connectivity index (χ3v) is 2.75. The molecule has 1 rings (SSSR count). The van der Waals surface area contributed by atoms with Crippen LogP contribution in [0.1, 0.15) is 26.2 Å². The molecule has 1 aliphatic carbocycles. The molecule has 0 bridgehead atoms. The molecule has 84 valence electrons. The maximum absolute atomic E-state index is 14.0. The number of rotatable bonds is 6. The monoisotopic (exact) mass is 209 g/mol. The van der Waals surface area contributed by atoms with Gasteiger partial charge in [-0.1, -0.05) is 31.7 Å². The number of nitrogens with one attached hydrogen (secondary N) is 1. The molecule has 15 heavy (non-hydrogen) atoms. The predicted octanol–water partition coefficient (Wildman–Crippen LogP) is 3.16. The SMILES string of the molecule is C=C/C(CC)=C(/C=C\CNC)C1(F)CC1. The van der Waals surface area contributed by atoms with Gasteiger partial charge in [-0.15, -0.1) is 0 Å². The minimum Gasteiger partial charge on any atom is -0.316 e. The second kappa shape index (κ2) is 5.26. The van der Waals surface area contributed by atoms with Crippen LogP contribution in [-0.2, 0) is 0 Å². The maximum atomic E-state index is 14.0. The lowest BCUT2D eigenvalue weighted by Gasteiger charge is -2.11. The van der Waals surface area contributed by atoms with Crippen LogP contribution in [-0.4, -0.2) is 19.3 Å². The Balaban J connectivity index is 2.87. The summed E-state index contributed by atoms with van der Waals surface area (Å²) in [6.45, 7) is 6.56. The molecule has 1 saturated carbocycles. The first kappa shape index (κ1) is 12.2. The van der Waals surface area contributed by atoms with E-state index < -0.39 is 5.67 Å². The van der Waals surface area contributed by atoms with Gasteiger partial charge in [0, 0.05) is 6.54 Å². The Labute approximate surface area is 91.8 Å². The molecule has 0 heterocycles. The van der Waals surface area contributed by atoms with Crippen LogP contribution in [0.5, 0.6) is 0 Å². The van der Waals surface area contributed by atoms with Crippen LogP contribution in [0.2, 0.25) is 0 Å². The normalized spacial score (nSPS) is 20.2. The number of hydrogen-bond donors (Lipinski definition) is 1. The number of hydrogen-bond acceptors (Lipinski definition) is 1. The van der Waals surface area contributed by atoms with E-state index in [4.69, 9.17) is 0 Å². The fourth-order valence-corrected chi connectivity index (χ4v) is 1.66. The maximum Gasteiger partial charge on any atom is 0.136 e. The van der Waals surface area contributed by atoms with Gasteiger partial charge in [0.15, 0.2) is 0 Å². The minimum atomic E-state index is -1.07. The van der Waals surface area contributed by atoms with Crippen molar-refractivity contribution in [1.29, 1.82) is 0 Å². The summed E-state index contributed by atoms with van der Waals surface area (Å²) in [4.78, 5) is 0. The Bertz CT molecular complexity index is 285. The quantitative estimate of drug-likeness (QED) is 0.663. The molecule has 0 saturated heterocycles. The Morgan fingerprint density at radius 2 is 2.20 bits per heavy atom. The first-order valence-electron chi connectivity index (χ1n) is 5.54. The van der Waals surface area contributed by atoms with Crippen molar-refractivity contribution >= 4 is 0 Å². The van der Waals surface area contributed by atoms with Crippen LogP contribution in [0.25, 0.3) is 0 Å². The summed E-state index contributed by atoms with van der Waals surface area (Å²) in [7, 11) is 1.88. The first-order valence-corrected chi connectivity index (χ1v) is 5.54. The lowest BCUT2D eigenvalue weighted by Crippen LogP contribution is -2.08. The molecule has 0 spiro atoms. The van der Waals surface area contributed by atoms with E-state index in [9.17, 15) is 4.39 Å². The van der Waals surface area contributed by atoms with Gasteiger partial charge >= 0.3 is 0 Å². The van der Waals surface area contributed by atoms with Crippen LogP contribution in [0.4, 0.5) is 4.39 Å². The Kier molecular flexibility index (Phi) is 4.28. The fraction of sp³-hybridized carbons (Fsp3) is 0.538. The van der Waals surface area contributed by atoms with Crippen molar-refractivity contribution in [3.05, 3.63) is 36.0 Å². The lowest BCUT2D eigenvalue weighted by atomic mass is 9.99. The van der Waals surface area contributed by atoms with E-state index in [2.05, 4.69) is 11.9 Å². The molecular formula is C13H20FN. The molecule has 1 nitrogen and oxygen atoms in total. The molecular weight excluding hydrogens is 189 g/mol. The molecule has 0 aromatic heterocycles. The highest BCUT2D eigenvalue weighted by molar-refractivity contribution is 5.42. The molecule has 1 N–H and O–H groups in total. The van der Waals surface area contributed by atoms with Crippen molar-refractivity contribution in [2.75, 3.05) is 13.6 Å². The van der Waals surface area contributed by atoms with Crippen molar-refractivity contribution in [2.45, 2.75) is 31.9 Å². The van der Waals surface area contributed by atoms with Gasteiger partial charge in [0.1, 0.15) is 5.67 Å². The van der Waals surface area contributed by atoms with Gasteiger partial charge in [-0.05, 0) is 37.5 Å². The van der Waals surface area contributed by atoms with Gasteiger partial charge in [0.25, 0.3) is 0 Å². The molecule has 1 fully saturated rings. The summed E-state index contributed by atoms with van der Waals surface area (Å²) in [6.07, 6.45) is 7.80. The third-order valence-electron chi connectivity index (χ3n) is 2.75. The standard InChI is InChI=1S/C13H20FN/c1-4-11(5-2)12(7-6-10-15-3)13(14)8-9-13/h4,6-7,15H,1,5,8-10H2,2-3H3/b7-6-,12-11+. The van der Waals surface area contributed by atoms with Gasteiger partial charge in [-0.2, -0.15) is 0 Å². The smallest absolute Gasteiger partial charge is 0.136 e. The Hall–Kier alpha value is -0.890. The summed E-state index contributed by atoms with van der Waals surface area (Å²) < 4.78 is 14.0. The summed E-state index contributed by atoms with van der Waals surface area (Å²) in [5, 5.41) is 3.01. The fourth-order valence-electron chi connectivity index (χ4n) is 1.66. The molecule has 2 heteroatoms. The average Bonchev–Trinajstić information content (AvgIpc) is 2.97. The summed E-state index contributed by atoms with van der Waals surface area (Å²) >= 11 is 0. The molecule has 0 aromatic carbocycles. The number of likely N-dealkylation sites (N-methyl/N-ethyl adjacent to an activating group) is 1. The van der Waals surface area contributed by atoms with Gasteiger partial charge < -0.3 is 5.32 Å². The van der Waals surface area contributed by atoms with E-state index >= 15 is 0 Å². The first-order chi connectivity index (χ1) is 7.18. The van der Waals surface area contributed by atoms with Crippen LogP contribution in [0.3, 0.4) is 0 Å². The van der Waals surface area contributed by atoms with Crippen LogP contribution in [0, 0.1) is 0 Å². The average molecular weight is 209 g/mol. The highest BCUT2D eigenvalue weighted by atomic mass is 19.1. The summed E-state index contributed by atoms with van der Waals surface area (Å²) in [6, 6.07) is 0. The highest BCUT2D eigenvalue weighted by Crippen LogP contribution is 2.48. The molecule has 0 amide bonds. The van der Waals surface area contributed by atoms with E-state index in [1.807, 2.05) is 26.1 Å². The molecule has 0 unspecified atom stereocenters. The summed E-state index contributed by atoms with van der Waals surface area (Å²) in [5.74, 6) is 0. The lowest BCUT2D eigenvalue weighted by molar-refractivity contribution is 0.365. The Morgan fingerprint density at radius 1 is 1.53 bits per heavy atom. The molecule has 0 radical (unpaired) electrons. The largest absolute Gasteiger partial charge is 0.316 e. The number of alkyl halides is 1. The van der Waals surface area contributed by atoms with Crippen LogP contribution >= 0.6 is 0 Å². The number of allylic oxidation sites excluding steroid dienone is 4. The topological polar surface area (TPSA) is 12.0 Å². The van der Waals surface area contributed by atoms with Gasteiger partial charge in [-0.25, -0.2) is 4.39 Å². The summed E-state index contributed by atoms with van der Waals surface area (Å²) in [5.41, 5.74) is 0.793. The van der Waals surface area contributed by atoms with Crippen molar-refractivity contribution < 1.29 is 4.39 Å². The van der Waals surface area contributed by atoms with Gasteiger partial charge in [0.05, 0.1) is 0 Å². The van der Waals surface area contributed by atoms with Crippen molar-refractivity contribution in [1.82, 2.24) is 5.32 Å². The number of halogens is 1. The van der Waals surface area contributed by atoms with Crippen molar-refractivity contribution in [2.24, 2.45) is 0 Å². The van der Waals surface area contributed by atoms with E-state index in [0.717, 1.165) is 24.1 Å². The Morgan fingerprint density at radius 3 is 2.60 bits per heavy atom. The van der Waals surface area contributed by atoms with E-state index in [1.165, 1.54) is 0 Å². The van der Waals surface area contributed by atoms with Gasteiger partial charge in [-0.3, -0.25) is 0 Å². The van der Waals surface area contributed by atoms with Gasteiger partial charge in [0.2, 0.25) is 0 Å². The second-order valence-corrected chi connectivity index (χ2v) is 3.92. The zero-order valence-corrected chi connectivity index (χ0v) is 9.65. The minimum absolute atomic E-state index is 0.656. The van der Waals surface area contributed by atoms with E-state index in [0.29, 0.717) is 12.8 Å². The molecule has 0 aliphatic heterocycles. The third kappa shape index (κ3) is 3.03. The highest BCUT2D eigenvalue weighted by Gasteiger charge is 2.46. The van der Waals surface area contributed by atoms with Crippen LogP contribution in [0.15, 0.2) is 36.0 Å². The van der Waals surface area contributed by atoms with E-state index in [1.54, 1.807) is 6.08 Å². The van der Waals surface area contributed by atoms with E-state index in [-0.39, 0.29) is 0 Å². The van der Waals surface area contributed by atoms with Crippen LogP contribution < -0.4 is 5.32 Å². The molecule has 1 aliphatic rings. The van der Waals surface area contributed by atoms with Crippen molar-refractivity contribution in [3.63, 3.8) is 0 Å². The zero-order valence-electron chi connectivity index (χ0n) is 9.65. The zero-order chi connectivity index (χ0) is 11.3. The second-order valence-electron chi connectivity index (χ2n) is 3.92. The molecule has 0 aromatic rings.